The lowest BCUT2D eigenvalue weighted by atomic mass is 9.73. The molecule has 0 bridgehead atoms. The van der Waals surface area contributed by atoms with Gasteiger partial charge < -0.3 is 4.74 Å². The zero-order valence-corrected chi connectivity index (χ0v) is 16.5. The minimum absolute atomic E-state index is 0.296. The maximum Gasteiger partial charge on any atom is 0.0522 e. The van der Waals surface area contributed by atoms with Crippen molar-refractivity contribution >= 4 is 0 Å². The van der Waals surface area contributed by atoms with Crippen LogP contribution in [0.5, 0.6) is 0 Å². The quantitative estimate of drug-likeness (QED) is 0.452. The standard InChI is InChI=1S/C20H42O/c1-15(2)11-19(9,17(5)6)13-21-14-20(10,18(7)8)12-16(3)4/h15-18H,11-14H2,1-10H3. The molecule has 0 aromatic rings. The summed E-state index contributed by atoms with van der Waals surface area (Å²) in [6, 6.07) is 0. The van der Waals surface area contributed by atoms with Gasteiger partial charge in [-0.3, -0.25) is 0 Å². The molecule has 0 saturated carbocycles. The number of ether oxygens (including phenoxy) is 1. The molecule has 0 saturated heterocycles. The Balaban J connectivity index is 4.66. The zero-order valence-electron chi connectivity index (χ0n) is 16.5. The summed E-state index contributed by atoms with van der Waals surface area (Å²) in [5, 5.41) is 0. The van der Waals surface area contributed by atoms with Crippen LogP contribution in [0.2, 0.25) is 0 Å². The summed E-state index contributed by atoms with van der Waals surface area (Å²) in [7, 11) is 0. The summed E-state index contributed by atoms with van der Waals surface area (Å²) in [5.74, 6) is 2.78. The van der Waals surface area contributed by atoms with E-state index in [0.717, 1.165) is 25.0 Å². The molecule has 2 atom stereocenters. The molecule has 0 rings (SSSR count). The molecule has 0 N–H and O–H groups in total. The van der Waals surface area contributed by atoms with Gasteiger partial charge in [0.15, 0.2) is 0 Å². The van der Waals surface area contributed by atoms with Crippen molar-refractivity contribution in [3.8, 4) is 0 Å². The predicted molar refractivity (Wildman–Crippen MR) is 95.6 cm³/mol. The van der Waals surface area contributed by atoms with Crippen LogP contribution in [0.3, 0.4) is 0 Å². The number of hydrogen-bond acceptors (Lipinski definition) is 1. The van der Waals surface area contributed by atoms with Gasteiger partial charge in [-0.1, -0.05) is 69.2 Å². The molecule has 21 heavy (non-hydrogen) atoms. The summed E-state index contributed by atoms with van der Waals surface area (Å²) in [5.41, 5.74) is 0.591. The van der Waals surface area contributed by atoms with Crippen LogP contribution in [0, 0.1) is 34.5 Å². The highest BCUT2D eigenvalue weighted by Gasteiger charge is 2.33. The molecule has 0 aliphatic heterocycles. The van der Waals surface area contributed by atoms with Crippen LogP contribution < -0.4 is 0 Å². The Kier molecular flexibility index (Phi) is 8.54. The highest BCUT2D eigenvalue weighted by atomic mass is 16.5. The molecule has 0 heterocycles. The summed E-state index contributed by atoms with van der Waals surface area (Å²) in [4.78, 5) is 0. The summed E-state index contributed by atoms with van der Waals surface area (Å²) < 4.78 is 6.29. The molecule has 0 aliphatic carbocycles. The molecule has 0 aromatic carbocycles. The van der Waals surface area contributed by atoms with Crippen molar-refractivity contribution in [3.63, 3.8) is 0 Å². The van der Waals surface area contributed by atoms with Gasteiger partial charge in [0.25, 0.3) is 0 Å². The lowest BCUT2D eigenvalue weighted by molar-refractivity contribution is -0.0414. The molecule has 0 fully saturated rings. The average Bonchev–Trinajstić information content (AvgIpc) is 2.26. The van der Waals surface area contributed by atoms with Crippen LogP contribution in [0.1, 0.15) is 82.1 Å². The molecule has 1 heteroatoms. The van der Waals surface area contributed by atoms with Gasteiger partial charge in [0, 0.05) is 0 Å². The Morgan fingerprint density at radius 1 is 0.619 bits per heavy atom. The topological polar surface area (TPSA) is 9.23 Å². The monoisotopic (exact) mass is 298 g/mol. The second-order valence-electron chi connectivity index (χ2n) is 9.31. The smallest absolute Gasteiger partial charge is 0.0522 e. The first-order valence-electron chi connectivity index (χ1n) is 9.00. The van der Waals surface area contributed by atoms with Gasteiger partial charge in [0.1, 0.15) is 0 Å². The Morgan fingerprint density at radius 2 is 0.905 bits per heavy atom. The van der Waals surface area contributed by atoms with E-state index in [1.54, 1.807) is 0 Å². The third kappa shape index (κ3) is 7.17. The molecular formula is C20H42O. The van der Waals surface area contributed by atoms with Crippen molar-refractivity contribution in [1.82, 2.24) is 0 Å². The average molecular weight is 299 g/mol. The lowest BCUT2D eigenvalue weighted by Crippen LogP contribution is -2.36. The number of rotatable bonds is 10. The molecule has 0 amide bonds. The van der Waals surface area contributed by atoms with Gasteiger partial charge in [-0.25, -0.2) is 0 Å². The highest BCUT2D eigenvalue weighted by molar-refractivity contribution is 4.82. The largest absolute Gasteiger partial charge is 0.380 e. The van der Waals surface area contributed by atoms with Crippen molar-refractivity contribution in [2.45, 2.75) is 82.1 Å². The minimum atomic E-state index is 0.296. The van der Waals surface area contributed by atoms with Gasteiger partial charge in [-0.2, -0.15) is 0 Å². The van der Waals surface area contributed by atoms with E-state index in [0.29, 0.717) is 22.7 Å². The fourth-order valence-electron chi connectivity index (χ4n) is 3.31. The van der Waals surface area contributed by atoms with Crippen LogP contribution >= 0.6 is 0 Å². The molecule has 0 aliphatic rings. The van der Waals surface area contributed by atoms with Crippen LogP contribution in [-0.2, 0) is 4.74 Å². The Labute approximate surface area is 135 Å². The second kappa shape index (κ2) is 8.56. The van der Waals surface area contributed by atoms with Crippen molar-refractivity contribution in [2.75, 3.05) is 13.2 Å². The molecule has 0 spiro atoms. The lowest BCUT2D eigenvalue weighted by Gasteiger charge is -2.39. The minimum Gasteiger partial charge on any atom is -0.380 e. The first-order valence-corrected chi connectivity index (χ1v) is 9.00. The zero-order chi connectivity index (χ0) is 16.8. The molecule has 128 valence electrons. The van der Waals surface area contributed by atoms with E-state index in [9.17, 15) is 0 Å². The molecular weight excluding hydrogens is 256 g/mol. The van der Waals surface area contributed by atoms with Crippen LogP contribution in [0.4, 0.5) is 0 Å². The second-order valence-corrected chi connectivity index (χ2v) is 9.31. The van der Waals surface area contributed by atoms with Crippen molar-refractivity contribution in [3.05, 3.63) is 0 Å². The van der Waals surface area contributed by atoms with E-state index in [2.05, 4.69) is 69.2 Å². The maximum atomic E-state index is 6.29. The molecule has 2 unspecified atom stereocenters. The van der Waals surface area contributed by atoms with Crippen LogP contribution in [0.15, 0.2) is 0 Å². The molecule has 0 aromatic heterocycles. The highest BCUT2D eigenvalue weighted by Crippen LogP contribution is 2.38. The van der Waals surface area contributed by atoms with Gasteiger partial charge in [0.05, 0.1) is 13.2 Å². The van der Waals surface area contributed by atoms with E-state index < -0.39 is 0 Å². The van der Waals surface area contributed by atoms with E-state index in [4.69, 9.17) is 4.74 Å². The Bertz CT molecular complexity index is 252. The first kappa shape index (κ1) is 21.0. The normalized spacial score (nSPS) is 18.6. The van der Waals surface area contributed by atoms with E-state index in [1.165, 1.54) is 12.8 Å². The molecule has 0 radical (unpaired) electrons. The number of hydrogen-bond donors (Lipinski definition) is 0. The molecule has 1 nitrogen and oxygen atoms in total. The summed E-state index contributed by atoms with van der Waals surface area (Å²) >= 11 is 0. The predicted octanol–water partition coefficient (Wildman–Crippen LogP) is 6.42. The maximum absolute atomic E-state index is 6.29. The van der Waals surface area contributed by atoms with Gasteiger partial charge in [0.2, 0.25) is 0 Å². The summed E-state index contributed by atoms with van der Waals surface area (Å²) in [6.07, 6.45) is 2.49. The fourth-order valence-corrected chi connectivity index (χ4v) is 3.31. The third-order valence-corrected chi connectivity index (χ3v) is 5.40. The first-order chi connectivity index (χ1) is 9.43. The van der Waals surface area contributed by atoms with Gasteiger partial charge >= 0.3 is 0 Å². The van der Waals surface area contributed by atoms with Crippen molar-refractivity contribution < 1.29 is 4.74 Å². The Hall–Kier alpha value is -0.0400. The van der Waals surface area contributed by atoms with Crippen LogP contribution in [-0.4, -0.2) is 13.2 Å². The van der Waals surface area contributed by atoms with Gasteiger partial charge in [-0.15, -0.1) is 0 Å². The summed E-state index contributed by atoms with van der Waals surface area (Å²) in [6.45, 7) is 25.2. The Morgan fingerprint density at radius 3 is 1.10 bits per heavy atom. The van der Waals surface area contributed by atoms with Crippen molar-refractivity contribution in [1.29, 1.82) is 0 Å². The van der Waals surface area contributed by atoms with Crippen LogP contribution in [0.25, 0.3) is 0 Å². The van der Waals surface area contributed by atoms with E-state index in [-0.39, 0.29) is 0 Å². The van der Waals surface area contributed by atoms with Gasteiger partial charge in [-0.05, 0) is 47.3 Å². The van der Waals surface area contributed by atoms with Crippen molar-refractivity contribution in [2.24, 2.45) is 34.5 Å². The SMILES string of the molecule is CC(C)CC(C)(COCC(C)(CC(C)C)C(C)C)C(C)C. The third-order valence-electron chi connectivity index (χ3n) is 5.40. The fraction of sp³-hybridized carbons (Fsp3) is 1.00. The van der Waals surface area contributed by atoms with E-state index >= 15 is 0 Å². The van der Waals surface area contributed by atoms with E-state index in [1.807, 2.05) is 0 Å².